The summed E-state index contributed by atoms with van der Waals surface area (Å²) in [7, 11) is 0. The molecule has 17 heavy (non-hydrogen) atoms. The highest BCUT2D eigenvalue weighted by molar-refractivity contribution is 5.78. The van der Waals surface area contributed by atoms with Gasteiger partial charge in [0.15, 0.2) is 0 Å². The molecule has 0 aliphatic carbocycles. The van der Waals surface area contributed by atoms with Gasteiger partial charge in [-0.2, -0.15) is 0 Å². The number of hydrogen-bond donors (Lipinski definition) is 1. The molecular weight excluding hydrogens is 214 g/mol. The molecule has 1 amide bonds. The number of nitrogen functional groups attached to an aromatic ring is 1. The molecule has 4 heteroatoms. The van der Waals surface area contributed by atoms with Crippen LogP contribution in [0.2, 0.25) is 0 Å². The average Bonchev–Trinajstić information content (AvgIpc) is 2.32. The molecule has 4 nitrogen and oxygen atoms in total. The van der Waals surface area contributed by atoms with Crippen molar-refractivity contribution in [2.24, 2.45) is 0 Å². The Hall–Kier alpha value is -2.10. The quantitative estimate of drug-likeness (QED) is 0.753. The molecule has 1 aromatic rings. The third-order valence-corrected chi connectivity index (χ3v) is 2.23. The Balaban J connectivity index is 2.65. The van der Waals surface area contributed by atoms with Gasteiger partial charge in [-0.15, -0.1) is 13.2 Å². The fourth-order valence-corrected chi connectivity index (χ4v) is 1.40. The van der Waals surface area contributed by atoms with Gasteiger partial charge < -0.3 is 10.6 Å². The Morgan fingerprint density at radius 2 is 2.00 bits per heavy atom. The number of carbonyl (C=O) groups is 1. The zero-order valence-corrected chi connectivity index (χ0v) is 9.80. The van der Waals surface area contributed by atoms with Crippen molar-refractivity contribution in [1.82, 2.24) is 9.88 Å². The summed E-state index contributed by atoms with van der Waals surface area (Å²) in [6.45, 7) is 8.27. The fourth-order valence-electron chi connectivity index (χ4n) is 1.40. The monoisotopic (exact) mass is 231 g/mol. The van der Waals surface area contributed by atoms with Crippen molar-refractivity contribution in [3.05, 3.63) is 49.3 Å². The second-order valence-corrected chi connectivity index (χ2v) is 3.64. The van der Waals surface area contributed by atoms with Gasteiger partial charge in [-0.3, -0.25) is 9.78 Å². The van der Waals surface area contributed by atoms with E-state index in [1.807, 2.05) is 0 Å². The maximum atomic E-state index is 11.9. The lowest BCUT2D eigenvalue weighted by Crippen LogP contribution is -2.32. The number of pyridine rings is 1. The molecule has 0 saturated carbocycles. The van der Waals surface area contributed by atoms with Gasteiger partial charge in [0, 0.05) is 18.8 Å². The van der Waals surface area contributed by atoms with E-state index in [2.05, 4.69) is 18.1 Å². The standard InChI is InChI=1S/C13H17N3O/c1-3-7-16(8-4-2)13(17)9-12-6-5-11(14)10-15-12/h3-6,10H,1-2,7-9,14H2. The molecule has 1 aromatic heterocycles. The van der Waals surface area contributed by atoms with E-state index < -0.39 is 0 Å². The average molecular weight is 231 g/mol. The van der Waals surface area contributed by atoms with E-state index in [1.54, 1.807) is 35.4 Å². The molecule has 0 atom stereocenters. The third-order valence-electron chi connectivity index (χ3n) is 2.23. The smallest absolute Gasteiger partial charge is 0.229 e. The van der Waals surface area contributed by atoms with Gasteiger partial charge in [-0.25, -0.2) is 0 Å². The predicted octanol–water partition coefficient (Wildman–Crippen LogP) is 1.41. The second kappa shape index (κ2) is 6.48. The van der Waals surface area contributed by atoms with Crippen LogP contribution in [0.15, 0.2) is 43.6 Å². The number of carbonyl (C=O) groups excluding carboxylic acids is 1. The highest BCUT2D eigenvalue weighted by atomic mass is 16.2. The van der Waals surface area contributed by atoms with Crippen LogP contribution in [0.4, 0.5) is 5.69 Å². The van der Waals surface area contributed by atoms with Crippen LogP contribution in [-0.2, 0) is 11.2 Å². The molecule has 0 aliphatic heterocycles. The van der Waals surface area contributed by atoms with Crippen molar-refractivity contribution in [2.75, 3.05) is 18.8 Å². The van der Waals surface area contributed by atoms with E-state index in [4.69, 9.17) is 5.73 Å². The van der Waals surface area contributed by atoms with Crippen LogP contribution in [0.25, 0.3) is 0 Å². The number of amides is 1. The highest BCUT2D eigenvalue weighted by Gasteiger charge is 2.11. The summed E-state index contributed by atoms with van der Waals surface area (Å²) < 4.78 is 0. The van der Waals surface area contributed by atoms with Gasteiger partial charge in [0.1, 0.15) is 0 Å². The number of rotatable bonds is 6. The van der Waals surface area contributed by atoms with Gasteiger partial charge >= 0.3 is 0 Å². The molecule has 0 aromatic carbocycles. The Kier molecular flexibility index (Phi) is 4.94. The second-order valence-electron chi connectivity index (χ2n) is 3.64. The van der Waals surface area contributed by atoms with E-state index in [0.717, 1.165) is 0 Å². The van der Waals surface area contributed by atoms with Crippen molar-refractivity contribution >= 4 is 11.6 Å². The molecule has 1 rings (SSSR count). The summed E-state index contributed by atoms with van der Waals surface area (Å²) >= 11 is 0. The molecule has 0 saturated heterocycles. The summed E-state index contributed by atoms with van der Waals surface area (Å²) in [4.78, 5) is 17.7. The maximum Gasteiger partial charge on any atom is 0.229 e. The molecule has 90 valence electrons. The first kappa shape index (κ1) is 13.0. The number of anilines is 1. The zero-order valence-electron chi connectivity index (χ0n) is 9.80. The van der Waals surface area contributed by atoms with Gasteiger partial charge in [-0.05, 0) is 12.1 Å². The minimum Gasteiger partial charge on any atom is -0.397 e. The first-order valence-electron chi connectivity index (χ1n) is 5.37. The summed E-state index contributed by atoms with van der Waals surface area (Å²) in [6, 6.07) is 3.49. The first-order chi connectivity index (χ1) is 8.17. The summed E-state index contributed by atoms with van der Waals surface area (Å²) in [5.41, 5.74) is 6.83. The lowest BCUT2D eigenvalue weighted by molar-refractivity contribution is -0.129. The van der Waals surface area contributed by atoms with Crippen LogP contribution in [0.3, 0.4) is 0 Å². The van der Waals surface area contributed by atoms with Crippen LogP contribution in [0.1, 0.15) is 5.69 Å². The third kappa shape index (κ3) is 4.10. The number of nitrogens with two attached hydrogens (primary N) is 1. The minimum absolute atomic E-state index is 0.00192. The minimum atomic E-state index is 0.00192. The van der Waals surface area contributed by atoms with Crippen LogP contribution in [-0.4, -0.2) is 28.9 Å². The molecule has 1 heterocycles. The Morgan fingerprint density at radius 3 is 2.47 bits per heavy atom. The van der Waals surface area contributed by atoms with Crippen molar-refractivity contribution in [3.8, 4) is 0 Å². The molecule has 2 N–H and O–H groups in total. The van der Waals surface area contributed by atoms with Crippen molar-refractivity contribution in [1.29, 1.82) is 0 Å². The SMILES string of the molecule is C=CCN(CC=C)C(=O)Cc1ccc(N)cn1. The normalized spacial score (nSPS) is 9.65. The lowest BCUT2D eigenvalue weighted by Gasteiger charge is -2.18. The molecule has 0 fully saturated rings. The van der Waals surface area contributed by atoms with Gasteiger partial charge in [-0.1, -0.05) is 12.2 Å². The fraction of sp³-hybridized carbons (Fsp3) is 0.231. The molecule has 0 bridgehead atoms. The van der Waals surface area contributed by atoms with Crippen LogP contribution in [0.5, 0.6) is 0 Å². The van der Waals surface area contributed by atoms with E-state index in [1.165, 1.54) is 0 Å². The maximum absolute atomic E-state index is 11.9. The first-order valence-corrected chi connectivity index (χ1v) is 5.37. The number of nitrogens with zero attached hydrogens (tertiary/aromatic N) is 2. The summed E-state index contributed by atoms with van der Waals surface area (Å²) in [5, 5.41) is 0. The van der Waals surface area contributed by atoms with Crippen LogP contribution in [0, 0.1) is 0 Å². The highest BCUT2D eigenvalue weighted by Crippen LogP contribution is 2.04. The topological polar surface area (TPSA) is 59.2 Å². The van der Waals surface area contributed by atoms with E-state index in [9.17, 15) is 4.79 Å². The van der Waals surface area contributed by atoms with Crippen molar-refractivity contribution in [3.63, 3.8) is 0 Å². The summed E-state index contributed by atoms with van der Waals surface area (Å²) in [6.07, 6.45) is 5.20. The Labute approximate surface area is 101 Å². The number of aromatic nitrogens is 1. The van der Waals surface area contributed by atoms with E-state index in [-0.39, 0.29) is 12.3 Å². The van der Waals surface area contributed by atoms with Crippen molar-refractivity contribution in [2.45, 2.75) is 6.42 Å². The van der Waals surface area contributed by atoms with E-state index >= 15 is 0 Å². The Morgan fingerprint density at radius 1 is 1.35 bits per heavy atom. The molecule has 0 aliphatic rings. The molecule has 0 radical (unpaired) electrons. The zero-order chi connectivity index (χ0) is 12.7. The largest absolute Gasteiger partial charge is 0.397 e. The van der Waals surface area contributed by atoms with Gasteiger partial charge in [0.05, 0.1) is 18.3 Å². The molecular formula is C13H17N3O. The lowest BCUT2D eigenvalue weighted by atomic mass is 10.2. The Bertz CT molecular complexity index is 388. The van der Waals surface area contributed by atoms with Crippen molar-refractivity contribution < 1.29 is 4.79 Å². The summed E-state index contributed by atoms with van der Waals surface area (Å²) in [5.74, 6) is 0.00192. The van der Waals surface area contributed by atoms with Gasteiger partial charge in [0.25, 0.3) is 0 Å². The van der Waals surface area contributed by atoms with Gasteiger partial charge in [0.2, 0.25) is 5.91 Å². The number of hydrogen-bond acceptors (Lipinski definition) is 3. The predicted molar refractivity (Wildman–Crippen MR) is 69.3 cm³/mol. The molecule has 0 unspecified atom stereocenters. The molecule has 0 spiro atoms. The van der Waals surface area contributed by atoms with Crippen LogP contribution < -0.4 is 5.73 Å². The van der Waals surface area contributed by atoms with Crippen LogP contribution >= 0.6 is 0 Å². The van der Waals surface area contributed by atoms with E-state index in [0.29, 0.717) is 24.5 Å².